The summed E-state index contributed by atoms with van der Waals surface area (Å²) in [6.45, 7) is 3.97. The monoisotopic (exact) mass is 269 g/mol. The molecule has 0 bridgehead atoms. The summed E-state index contributed by atoms with van der Waals surface area (Å²) >= 11 is 6.11. The second kappa shape index (κ2) is 4.98. The number of halogens is 1. The number of ether oxygens (including phenoxy) is 2. The molecule has 100 valence electrons. The van der Waals surface area contributed by atoms with Crippen molar-refractivity contribution in [3.05, 3.63) is 22.7 Å². The van der Waals surface area contributed by atoms with Crippen LogP contribution in [0.15, 0.2) is 12.1 Å². The molecule has 0 saturated heterocycles. The molecular weight excluding hydrogens is 250 g/mol. The van der Waals surface area contributed by atoms with Gasteiger partial charge in [0.2, 0.25) is 0 Å². The number of benzene rings is 1. The van der Waals surface area contributed by atoms with Crippen molar-refractivity contribution in [3.63, 3.8) is 0 Å². The van der Waals surface area contributed by atoms with Crippen molar-refractivity contribution in [2.75, 3.05) is 7.11 Å². The lowest BCUT2D eigenvalue weighted by atomic mass is 9.95. The Kier molecular flexibility index (Phi) is 3.74. The zero-order chi connectivity index (χ0) is 13.3. The minimum atomic E-state index is -0.308. The van der Waals surface area contributed by atoms with Crippen LogP contribution in [0.3, 0.4) is 0 Å². The Morgan fingerprint density at radius 2 is 2.06 bits per heavy atom. The van der Waals surface area contributed by atoms with Crippen molar-refractivity contribution < 1.29 is 9.47 Å². The molecule has 1 aromatic carbocycles. The number of nitrogens with two attached hydrogens (primary N) is 1. The summed E-state index contributed by atoms with van der Waals surface area (Å²) in [5.41, 5.74) is 6.79. The van der Waals surface area contributed by atoms with Crippen molar-refractivity contribution in [2.24, 2.45) is 5.73 Å². The highest BCUT2D eigenvalue weighted by Crippen LogP contribution is 2.39. The molecule has 1 saturated carbocycles. The molecule has 3 nitrogen and oxygen atoms in total. The van der Waals surface area contributed by atoms with Crippen molar-refractivity contribution in [1.82, 2.24) is 0 Å². The minimum Gasteiger partial charge on any atom is -0.493 e. The van der Waals surface area contributed by atoms with E-state index in [1.165, 1.54) is 0 Å². The summed E-state index contributed by atoms with van der Waals surface area (Å²) in [7, 11) is 1.63. The van der Waals surface area contributed by atoms with Gasteiger partial charge in [-0.3, -0.25) is 0 Å². The summed E-state index contributed by atoms with van der Waals surface area (Å²) in [6.07, 6.45) is 3.24. The largest absolute Gasteiger partial charge is 0.493 e. The first kappa shape index (κ1) is 13.5. The molecule has 2 rings (SSSR count). The van der Waals surface area contributed by atoms with Crippen LogP contribution in [0.5, 0.6) is 11.5 Å². The number of hydrogen-bond acceptors (Lipinski definition) is 3. The van der Waals surface area contributed by atoms with Crippen LogP contribution in [0.25, 0.3) is 0 Å². The van der Waals surface area contributed by atoms with E-state index in [0.29, 0.717) is 23.3 Å². The van der Waals surface area contributed by atoms with Gasteiger partial charge in [-0.05, 0) is 39.2 Å². The Labute approximate surface area is 113 Å². The standard InChI is InChI=1S/C14H20ClNO2/c1-14(2,16)8-9-6-10(15)7-12(17-3)13(9)18-11-4-5-11/h6-7,11H,4-5,8,16H2,1-3H3. The van der Waals surface area contributed by atoms with Gasteiger partial charge in [0.05, 0.1) is 13.2 Å². The lowest BCUT2D eigenvalue weighted by molar-refractivity contribution is 0.277. The maximum absolute atomic E-state index is 6.11. The van der Waals surface area contributed by atoms with Crippen LogP contribution < -0.4 is 15.2 Å². The van der Waals surface area contributed by atoms with Crippen LogP contribution in [-0.2, 0) is 6.42 Å². The maximum atomic E-state index is 6.11. The van der Waals surface area contributed by atoms with Gasteiger partial charge in [0.15, 0.2) is 11.5 Å². The van der Waals surface area contributed by atoms with Gasteiger partial charge >= 0.3 is 0 Å². The van der Waals surface area contributed by atoms with Gasteiger partial charge in [0.25, 0.3) is 0 Å². The quantitative estimate of drug-likeness (QED) is 0.893. The molecule has 0 heterocycles. The molecule has 0 amide bonds. The van der Waals surface area contributed by atoms with Crippen LogP contribution >= 0.6 is 11.6 Å². The summed E-state index contributed by atoms with van der Waals surface area (Å²) in [5.74, 6) is 1.48. The average molecular weight is 270 g/mol. The van der Waals surface area contributed by atoms with Crippen LogP contribution in [-0.4, -0.2) is 18.8 Å². The molecular formula is C14H20ClNO2. The van der Waals surface area contributed by atoms with Gasteiger partial charge in [0.1, 0.15) is 0 Å². The van der Waals surface area contributed by atoms with E-state index in [4.69, 9.17) is 26.8 Å². The fraction of sp³-hybridized carbons (Fsp3) is 0.571. The third-order valence-corrected chi connectivity index (χ3v) is 2.99. The summed E-state index contributed by atoms with van der Waals surface area (Å²) in [4.78, 5) is 0. The number of hydrogen-bond donors (Lipinski definition) is 1. The third-order valence-electron chi connectivity index (χ3n) is 2.77. The molecule has 0 atom stereocenters. The lowest BCUT2D eigenvalue weighted by Crippen LogP contribution is -2.34. The molecule has 2 N–H and O–H groups in total. The third kappa shape index (κ3) is 3.53. The fourth-order valence-electron chi connectivity index (χ4n) is 1.88. The van der Waals surface area contributed by atoms with Crippen LogP contribution in [0.1, 0.15) is 32.3 Å². The molecule has 1 aliphatic rings. The first-order valence-corrected chi connectivity index (χ1v) is 6.59. The SMILES string of the molecule is COc1cc(Cl)cc(CC(C)(C)N)c1OC1CC1. The molecule has 1 aromatic rings. The van der Waals surface area contributed by atoms with Crippen LogP contribution in [0.2, 0.25) is 5.02 Å². The van der Waals surface area contributed by atoms with E-state index in [-0.39, 0.29) is 5.54 Å². The number of rotatable bonds is 5. The van der Waals surface area contributed by atoms with E-state index in [0.717, 1.165) is 24.2 Å². The fourth-order valence-corrected chi connectivity index (χ4v) is 2.11. The zero-order valence-corrected chi connectivity index (χ0v) is 11.9. The second-order valence-corrected chi connectivity index (χ2v) is 6.02. The molecule has 4 heteroatoms. The first-order chi connectivity index (χ1) is 8.39. The molecule has 0 aliphatic heterocycles. The summed E-state index contributed by atoms with van der Waals surface area (Å²) in [6, 6.07) is 3.70. The van der Waals surface area contributed by atoms with E-state index < -0.39 is 0 Å². The molecule has 0 aromatic heterocycles. The second-order valence-electron chi connectivity index (χ2n) is 5.58. The smallest absolute Gasteiger partial charge is 0.164 e. The van der Waals surface area contributed by atoms with Crippen molar-refractivity contribution in [3.8, 4) is 11.5 Å². The molecule has 0 radical (unpaired) electrons. The Bertz CT molecular complexity index is 436. The highest BCUT2D eigenvalue weighted by molar-refractivity contribution is 6.30. The normalized spacial score (nSPS) is 15.6. The molecule has 0 unspecified atom stereocenters. The predicted molar refractivity (Wildman–Crippen MR) is 73.6 cm³/mol. The molecule has 1 aliphatic carbocycles. The first-order valence-electron chi connectivity index (χ1n) is 6.21. The maximum Gasteiger partial charge on any atom is 0.164 e. The Morgan fingerprint density at radius 1 is 1.39 bits per heavy atom. The predicted octanol–water partition coefficient (Wildman–Crippen LogP) is 3.17. The van der Waals surface area contributed by atoms with Gasteiger partial charge in [-0.15, -0.1) is 0 Å². The highest BCUT2D eigenvalue weighted by Gasteiger charge is 2.27. The Balaban J connectivity index is 2.36. The van der Waals surface area contributed by atoms with Gasteiger partial charge in [-0.25, -0.2) is 0 Å². The summed E-state index contributed by atoms with van der Waals surface area (Å²) < 4.78 is 11.3. The Morgan fingerprint density at radius 3 is 2.56 bits per heavy atom. The van der Waals surface area contributed by atoms with Gasteiger partial charge < -0.3 is 15.2 Å². The van der Waals surface area contributed by atoms with Gasteiger partial charge in [0, 0.05) is 22.2 Å². The summed E-state index contributed by atoms with van der Waals surface area (Å²) in [5, 5.41) is 0.647. The van der Waals surface area contributed by atoms with E-state index in [9.17, 15) is 0 Å². The Hall–Kier alpha value is -0.930. The average Bonchev–Trinajstić information content (AvgIpc) is 3.03. The molecule has 18 heavy (non-hydrogen) atoms. The van der Waals surface area contributed by atoms with E-state index in [1.807, 2.05) is 19.9 Å². The van der Waals surface area contributed by atoms with Gasteiger partial charge in [-0.2, -0.15) is 0 Å². The van der Waals surface area contributed by atoms with Crippen molar-refractivity contribution >= 4 is 11.6 Å². The highest BCUT2D eigenvalue weighted by atomic mass is 35.5. The van der Waals surface area contributed by atoms with Crippen LogP contribution in [0.4, 0.5) is 0 Å². The molecule has 1 fully saturated rings. The van der Waals surface area contributed by atoms with E-state index >= 15 is 0 Å². The van der Waals surface area contributed by atoms with Crippen molar-refractivity contribution in [1.29, 1.82) is 0 Å². The van der Waals surface area contributed by atoms with Gasteiger partial charge in [-0.1, -0.05) is 11.6 Å². The van der Waals surface area contributed by atoms with Crippen LogP contribution in [0, 0.1) is 0 Å². The number of methoxy groups -OCH3 is 1. The van der Waals surface area contributed by atoms with Crippen molar-refractivity contribution in [2.45, 2.75) is 44.8 Å². The zero-order valence-electron chi connectivity index (χ0n) is 11.1. The van der Waals surface area contributed by atoms with E-state index in [1.54, 1.807) is 13.2 Å². The topological polar surface area (TPSA) is 44.5 Å². The lowest BCUT2D eigenvalue weighted by Gasteiger charge is -2.22. The minimum absolute atomic E-state index is 0.308. The van der Waals surface area contributed by atoms with E-state index in [2.05, 4.69) is 0 Å². The molecule has 0 spiro atoms.